The molecule has 0 spiro atoms. The van der Waals surface area contributed by atoms with E-state index in [9.17, 15) is 4.79 Å². The predicted molar refractivity (Wildman–Crippen MR) is 173 cm³/mol. The Labute approximate surface area is 255 Å². The molecule has 0 aliphatic carbocycles. The summed E-state index contributed by atoms with van der Waals surface area (Å²) in [6, 6.07) is 14.2. The molecule has 3 aromatic heterocycles. The number of carbonyl (C=O) groups is 1. The topological polar surface area (TPSA) is 83.0 Å². The van der Waals surface area contributed by atoms with Gasteiger partial charge in [-0.15, -0.1) is 0 Å². The number of anilines is 2. The molecule has 42 heavy (non-hydrogen) atoms. The summed E-state index contributed by atoms with van der Waals surface area (Å²) in [4.78, 5) is 30.9. The van der Waals surface area contributed by atoms with Crippen LogP contribution in [-0.4, -0.2) is 32.9 Å². The Kier molecular flexibility index (Phi) is 8.57. The summed E-state index contributed by atoms with van der Waals surface area (Å²) in [5.74, 6) is 2.81. The summed E-state index contributed by atoms with van der Waals surface area (Å²) in [6.07, 6.45) is 4.99. The number of hydrogen-bond acceptors (Lipinski definition) is 7. The average molecular weight is 587 g/mol. The Hall–Kier alpha value is -3.13. The molecule has 0 saturated carbocycles. The maximum Gasteiger partial charge on any atom is 0.265 e. The normalized spacial score (nSPS) is 22.5. The van der Waals surface area contributed by atoms with Gasteiger partial charge >= 0.3 is 0 Å². The van der Waals surface area contributed by atoms with Crippen LogP contribution in [0.3, 0.4) is 0 Å². The van der Waals surface area contributed by atoms with E-state index in [2.05, 4.69) is 82.5 Å². The van der Waals surface area contributed by atoms with Gasteiger partial charge in [0.2, 0.25) is 0 Å². The van der Waals surface area contributed by atoms with Gasteiger partial charge in [-0.2, -0.15) is 0 Å². The number of rotatable bonds is 3. The van der Waals surface area contributed by atoms with E-state index in [1.165, 1.54) is 17.5 Å². The molecule has 224 valence electrons. The number of nitrogens with one attached hydrogen (secondary N) is 2. The van der Waals surface area contributed by atoms with Crippen LogP contribution in [0.5, 0.6) is 0 Å². The molecule has 7 nitrogen and oxygen atoms in total. The van der Waals surface area contributed by atoms with E-state index in [1.54, 1.807) is 0 Å². The Balaban J connectivity index is 1.55. The van der Waals surface area contributed by atoms with Crippen molar-refractivity contribution in [2.24, 2.45) is 17.8 Å². The molecule has 3 aromatic rings. The molecule has 3 unspecified atom stereocenters. The van der Waals surface area contributed by atoms with E-state index in [0.717, 1.165) is 53.9 Å². The fourth-order valence-corrected chi connectivity index (χ4v) is 6.84. The van der Waals surface area contributed by atoms with Gasteiger partial charge in [0.05, 0.1) is 17.3 Å². The lowest BCUT2D eigenvalue weighted by molar-refractivity contribution is 0.0984. The number of carbonyl (C=O) groups excluding carboxylic acids is 1. The highest BCUT2D eigenvalue weighted by molar-refractivity contribution is 7.97. The minimum atomic E-state index is -0.158. The summed E-state index contributed by atoms with van der Waals surface area (Å²) >= 11 is 1.23. The number of fused-ring (bicyclic) bond motifs is 6. The van der Waals surface area contributed by atoms with Crippen molar-refractivity contribution < 1.29 is 4.79 Å². The molecule has 0 aromatic carbocycles. The SMILES string of the molecule is CC(C)Cc1ccc(C2CC(C)C3CN(c4nc(C(C)(C)C)ccc4C(=O)NSc4cccc(n4)N2)C(C)(C)C3)nc1. The van der Waals surface area contributed by atoms with Crippen molar-refractivity contribution in [2.75, 3.05) is 16.8 Å². The molecule has 1 amide bonds. The van der Waals surface area contributed by atoms with Crippen LogP contribution in [0.4, 0.5) is 11.6 Å². The van der Waals surface area contributed by atoms with Crippen LogP contribution in [0, 0.1) is 17.8 Å². The highest BCUT2D eigenvalue weighted by Crippen LogP contribution is 2.43. The fraction of sp³-hybridized carbons (Fsp3) is 0.529. The van der Waals surface area contributed by atoms with Gasteiger partial charge in [0.15, 0.2) is 0 Å². The second-order valence-corrected chi connectivity index (χ2v) is 15.0. The Morgan fingerprint density at radius 2 is 1.88 bits per heavy atom. The van der Waals surface area contributed by atoms with Crippen molar-refractivity contribution in [3.8, 4) is 0 Å². The van der Waals surface area contributed by atoms with Crippen LogP contribution in [0.1, 0.15) is 102 Å². The van der Waals surface area contributed by atoms with Gasteiger partial charge in [-0.3, -0.25) is 14.5 Å². The molecular formula is C34H46N6OS. The zero-order valence-corrected chi connectivity index (χ0v) is 27.2. The van der Waals surface area contributed by atoms with Gasteiger partial charge in [0.1, 0.15) is 16.7 Å². The number of hydrogen-bond donors (Lipinski definition) is 2. The number of amides is 1. The predicted octanol–water partition coefficient (Wildman–Crippen LogP) is 7.60. The standard InChI is InChI=1S/C34H46N6OS/c1-21(2)16-23-12-14-26(35-19-23)27-17-22(3)24-18-34(7,8)40(20-24)31-25(13-15-28(37-31)33(4,5)6)32(41)39-42-30-11-9-10-29(36-27)38-30/h9-15,19,21-22,24,27H,16-18,20H2,1-8H3,(H,36,38)(H,39,41). The Morgan fingerprint density at radius 3 is 2.57 bits per heavy atom. The number of aromatic nitrogens is 3. The molecule has 2 N–H and O–H groups in total. The summed E-state index contributed by atoms with van der Waals surface area (Å²) in [6.45, 7) is 18.7. The number of pyridine rings is 3. The first-order chi connectivity index (χ1) is 19.8. The van der Waals surface area contributed by atoms with Crippen molar-refractivity contribution in [3.05, 3.63) is 71.2 Å². The lowest BCUT2D eigenvalue weighted by Crippen LogP contribution is -2.40. The van der Waals surface area contributed by atoms with Gasteiger partial charge in [-0.1, -0.05) is 53.7 Å². The van der Waals surface area contributed by atoms with Crippen LogP contribution in [-0.2, 0) is 11.8 Å². The highest BCUT2D eigenvalue weighted by Gasteiger charge is 2.43. The van der Waals surface area contributed by atoms with Crippen molar-refractivity contribution in [3.63, 3.8) is 0 Å². The van der Waals surface area contributed by atoms with Crippen LogP contribution in [0.15, 0.2) is 53.7 Å². The Bertz CT molecular complexity index is 1410. The van der Waals surface area contributed by atoms with Gasteiger partial charge in [0.25, 0.3) is 5.91 Å². The number of nitrogens with zero attached hydrogens (tertiary/aromatic N) is 4. The maximum absolute atomic E-state index is 13.6. The van der Waals surface area contributed by atoms with E-state index in [0.29, 0.717) is 23.3 Å². The summed E-state index contributed by atoms with van der Waals surface area (Å²) in [7, 11) is 0. The lowest BCUT2D eigenvalue weighted by Gasteiger charge is -2.34. The van der Waals surface area contributed by atoms with Crippen LogP contribution < -0.4 is 14.9 Å². The molecule has 4 bridgehead atoms. The summed E-state index contributed by atoms with van der Waals surface area (Å²) in [5, 5.41) is 4.42. The summed E-state index contributed by atoms with van der Waals surface area (Å²) < 4.78 is 3.04. The molecule has 5 heterocycles. The third kappa shape index (κ3) is 6.74. The second-order valence-electron chi connectivity index (χ2n) is 14.2. The van der Waals surface area contributed by atoms with Crippen LogP contribution in [0.25, 0.3) is 0 Å². The molecule has 5 rings (SSSR count). The molecule has 1 fully saturated rings. The third-order valence-corrected chi connectivity index (χ3v) is 9.33. The first-order valence-electron chi connectivity index (χ1n) is 15.2. The monoisotopic (exact) mass is 586 g/mol. The van der Waals surface area contributed by atoms with E-state index in [-0.39, 0.29) is 22.9 Å². The Morgan fingerprint density at radius 1 is 1.10 bits per heavy atom. The van der Waals surface area contributed by atoms with Gasteiger partial charge in [-0.05, 0) is 86.8 Å². The van der Waals surface area contributed by atoms with Gasteiger partial charge in [-0.25, -0.2) is 9.97 Å². The van der Waals surface area contributed by atoms with Crippen molar-refractivity contribution in [2.45, 2.75) is 96.7 Å². The van der Waals surface area contributed by atoms with Crippen molar-refractivity contribution in [1.29, 1.82) is 0 Å². The van der Waals surface area contributed by atoms with Gasteiger partial charge < -0.3 is 10.2 Å². The van der Waals surface area contributed by atoms with E-state index < -0.39 is 0 Å². The van der Waals surface area contributed by atoms with Crippen molar-refractivity contribution in [1.82, 2.24) is 19.7 Å². The molecule has 1 saturated heterocycles. The largest absolute Gasteiger partial charge is 0.362 e. The van der Waals surface area contributed by atoms with Crippen LogP contribution >= 0.6 is 11.9 Å². The molecule has 2 aliphatic rings. The highest BCUT2D eigenvalue weighted by atomic mass is 32.2. The van der Waals surface area contributed by atoms with Crippen LogP contribution in [0.2, 0.25) is 0 Å². The molecule has 3 atom stereocenters. The van der Waals surface area contributed by atoms with E-state index >= 15 is 0 Å². The molecular weight excluding hydrogens is 540 g/mol. The lowest BCUT2D eigenvalue weighted by atomic mass is 9.83. The summed E-state index contributed by atoms with van der Waals surface area (Å²) in [5.41, 5.74) is 3.60. The fourth-order valence-electron chi connectivity index (χ4n) is 6.24. The third-order valence-electron chi connectivity index (χ3n) is 8.61. The molecule has 2 aliphatic heterocycles. The quantitative estimate of drug-likeness (QED) is 0.306. The first-order valence-corrected chi connectivity index (χ1v) is 16.1. The van der Waals surface area contributed by atoms with E-state index in [1.807, 2.05) is 36.5 Å². The van der Waals surface area contributed by atoms with Crippen molar-refractivity contribution >= 4 is 29.5 Å². The molecule has 8 heteroatoms. The minimum absolute atomic E-state index is 0.00985. The second kappa shape index (κ2) is 11.9. The molecule has 0 radical (unpaired) electrons. The van der Waals surface area contributed by atoms with E-state index in [4.69, 9.17) is 15.0 Å². The zero-order valence-electron chi connectivity index (χ0n) is 26.4. The first kappa shape index (κ1) is 30.3. The maximum atomic E-state index is 13.6. The van der Waals surface area contributed by atoms with Gasteiger partial charge in [0, 0.05) is 41.3 Å². The smallest absolute Gasteiger partial charge is 0.265 e. The average Bonchev–Trinajstić information content (AvgIpc) is 3.25. The zero-order chi connectivity index (χ0) is 30.2. The minimum Gasteiger partial charge on any atom is -0.362 e.